The van der Waals surface area contributed by atoms with Crippen LogP contribution in [-0.4, -0.2) is 28.3 Å². The Kier molecular flexibility index (Phi) is 5.95. The zero-order valence-corrected chi connectivity index (χ0v) is 20.8. The van der Waals surface area contributed by atoms with Crippen molar-refractivity contribution in [3.05, 3.63) is 116 Å². The molecule has 0 fully saturated rings. The van der Waals surface area contributed by atoms with Crippen molar-refractivity contribution in [3.8, 4) is 11.5 Å². The Morgan fingerprint density at radius 1 is 1.00 bits per heavy atom. The van der Waals surface area contributed by atoms with E-state index in [-0.39, 0.29) is 24.3 Å². The molecule has 3 heterocycles. The zero-order valence-electron chi connectivity index (χ0n) is 20.8. The van der Waals surface area contributed by atoms with Gasteiger partial charge in [-0.15, -0.1) is 0 Å². The number of aromatic hydroxyl groups is 1. The number of aryl methyl sites for hydroxylation is 1. The summed E-state index contributed by atoms with van der Waals surface area (Å²) in [6, 6.07) is 21.2. The molecule has 0 radical (unpaired) electrons. The number of ether oxygens (including phenoxy) is 1. The third kappa shape index (κ3) is 4.66. The van der Waals surface area contributed by atoms with E-state index < -0.39 is 23.2 Å². The Labute approximate surface area is 221 Å². The minimum Gasteiger partial charge on any atom is -0.508 e. The van der Waals surface area contributed by atoms with Crippen LogP contribution in [0.15, 0.2) is 102 Å². The highest BCUT2D eigenvalue weighted by molar-refractivity contribution is 6.04. The van der Waals surface area contributed by atoms with Gasteiger partial charge in [-0.25, -0.2) is 14.6 Å². The number of benzene rings is 3. The molecule has 39 heavy (non-hydrogen) atoms. The molecule has 0 saturated heterocycles. The maximum atomic E-state index is 13.4. The normalized spacial score (nSPS) is 15.1. The largest absolute Gasteiger partial charge is 0.508 e. The first-order chi connectivity index (χ1) is 18.9. The molecular formula is C30H22N2O7. The summed E-state index contributed by atoms with van der Waals surface area (Å²) in [6.45, 7) is 1.45. The van der Waals surface area contributed by atoms with Crippen molar-refractivity contribution in [2.24, 2.45) is 5.10 Å². The molecule has 1 aliphatic heterocycles. The number of rotatable bonds is 5. The van der Waals surface area contributed by atoms with Gasteiger partial charge in [0.2, 0.25) is 0 Å². The maximum absolute atomic E-state index is 13.4. The van der Waals surface area contributed by atoms with Gasteiger partial charge in [0.1, 0.15) is 22.7 Å². The molecular weight excluding hydrogens is 500 g/mol. The topological polar surface area (TPSA) is 123 Å². The highest BCUT2D eigenvalue weighted by Crippen LogP contribution is 2.34. The number of hydrogen-bond acceptors (Lipinski definition) is 8. The second-order valence-corrected chi connectivity index (χ2v) is 9.28. The van der Waals surface area contributed by atoms with Crippen molar-refractivity contribution in [2.45, 2.75) is 19.4 Å². The first-order valence-electron chi connectivity index (χ1n) is 12.2. The number of hydrazone groups is 1. The van der Waals surface area contributed by atoms with Crippen LogP contribution in [0.1, 0.15) is 29.2 Å². The number of carbonyl (C=O) groups is 1. The van der Waals surface area contributed by atoms with Gasteiger partial charge in [0.15, 0.2) is 6.61 Å². The second-order valence-electron chi connectivity index (χ2n) is 9.28. The van der Waals surface area contributed by atoms with Crippen LogP contribution >= 0.6 is 0 Å². The number of hydrogen-bond donors (Lipinski definition) is 1. The van der Waals surface area contributed by atoms with Gasteiger partial charge in [-0.3, -0.25) is 4.79 Å². The fourth-order valence-corrected chi connectivity index (χ4v) is 4.76. The van der Waals surface area contributed by atoms with Crippen LogP contribution in [0.5, 0.6) is 11.5 Å². The van der Waals surface area contributed by atoms with Crippen LogP contribution < -0.4 is 16.0 Å². The van der Waals surface area contributed by atoms with Crippen molar-refractivity contribution in [1.29, 1.82) is 0 Å². The Morgan fingerprint density at radius 2 is 1.85 bits per heavy atom. The average Bonchev–Trinajstić information content (AvgIpc) is 3.36. The molecule has 1 unspecified atom stereocenters. The summed E-state index contributed by atoms with van der Waals surface area (Å²) in [4.78, 5) is 38.0. The highest BCUT2D eigenvalue weighted by atomic mass is 16.5. The van der Waals surface area contributed by atoms with Crippen LogP contribution in [0, 0.1) is 6.92 Å². The molecule has 9 heteroatoms. The van der Waals surface area contributed by atoms with Crippen molar-refractivity contribution in [2.75, 3.05) is 6.61 Å². The lowest BCUT2D eigenvalue weighted by atomic mass is 9.98. The number of carbonyl (C=O) groups excluding carboxylic acids is 1. The lowest BCUT2D eigenvalue weighted by molar-refractivity contribution is -0.135. The van der Waals surface area contributed by atoms with E-state index in [1.165, 1.54) is 17.1 Å². The molecule has 1 aliphatic rings. The predicted molar refractivity (Wildman–Crippen MR) is 144 cm³/mol. The zero-order chi connectivity index (χ0) is 27.1. The number of fused-ring (bicyclic) bond motifs is 2. The van der Waals surface area contributed by atoms with E-state index in [0.29, 0.717) is 28.2 Å². The maximum Gasteiger partial charge on any atom is 0.345 e. The third-order valence-electron chi connectivity index (χ3n) is 6.66. The molecule has 5 aromatic rings. The van der Waals surface area contributed by atoms with Crippen LogP contribution in [0.3, 0.4) is 0 Å². The Hall–Kier alpha value is -5.18. The monoisotopic (exact) mass is 522 g/mol. The SMILES string of the molecule is Cc1cc(=O)oc2cc(OCC(=O)N3N=C(c4cc5ccccc5oc4=O)CC3c3cccc(O)c3)ccc12. The second kappa shape index (κ2) is 9.60. The minimum absolute atomic E-state index is 0.0442. The van der Waals surface area contributed by atoms with Crippen LogP contribution in [-0.2, 0) is 4.79 Å². The minimum atomic E-state index is -0.577. The number of nitrogens with zero attached hydrogens (tertiary/aromatic N) is 2. The van der Waals surface area contributed by atoms with E-state index in [2.05, 4.69) is 5.10 Å². The van der Waals surface area contributed by atoms with Crippen LogP contribution in [0.2, 0.25) is 0 Å². The molecule has 3 aromatic carbocycles. The van der Waals surface area contributed by atoms with E-state index in [4.69, 9.17) is 13.6 Å². The molecule has 0 aliphatic carbocycles. The van der Waals surface area contributed by atoms with Crippen molar-refractivity contribution >= 4 is 33.6 Å². The van der Waals surface area contributed by atoms with Crippen molar-refractivity contribution in [3.63, 3.8) is 0 Å². The summed E-state index contributed by atoms with van der Waals surface area (Å²) in [5, 5.41) is 17.3. The van der Waals surface area contributed by atoms with Gasteiger partial charge >= 0.3 is 11.3 Å². The molecule has 6 rings (SSSR count). The van der Waals surface area contributed by atoms with E-state index in [0.717, 1.165) is 16.3 Å². The third-order valence-corrected chi connectivity index (χ3v) is 6.66. The van der Waals surface area contributed by atoms with Gasteiger partial charge < -0.3 is 18.7 Å². The molecule has 0 spiro atoms. The molecule has 194 valence electrons. The first kappa shape index (κ1) is 24.2. The van der Waals surface area contributed by atoms with E-state index in [1.807, 2.05) is 19.1 Å². The number of amides is 1. The van der Waals surface area contributed by atoms with Gasteiger partial charge in [-0.05, 0) is 54.4 Å². The fourth-order valence-electron chi connectivity index (χ4n) is 4.76. The molecule has 0 bridgehead atoms. The highest BCUT2D eigenvalue weighted by Gasteiger charge is 2.34. The smallest absolute Gasteiger partial charge is 0.345 e. The molecule has 0 saturated carbocycles. The molecule has 1 amide bonds. The summed E-state index contributed by atoms with van der Waals surface area (Å²) in [7, 11) is 0. The van der Waals surface area contributed by atoms with E-state index >= 15 is 0 Å². The predicted octanol–water partition coefficient (Wildman–Crippen LogP) is 4.67. The van der Waals surface area contributed by atoms with Crippen molar-refractivity contribution in [1.82, 2.24) is 5.01 Å². The fraction of sp³-hybridized carbons (Fsp3) is 0.133. The van der Waals surface area contributed by atoms with Gasteiger partial charge in [-0.1, -0.05) is 30.3 Å². The number of para-hydroxylation sites is 1. The van der Waals surface area contributed by atoms with Crippen molar-refractivity contribution < 1.29 is 23.5 Å². The molecule has 1 N–H and O–H groups in total. The van der Waals surface area contributed by atoms with E-state index in [9.17, 15) is 19.5 Å². The Bertz CT molecular complexity index is 1900. The standard InChI is InChI=1S/C30H22N2O7/c1-17-11-29(35)38-27-14-21(9-10-22(17)27)37-16-28(34)32-25(18-6-4-7-20(33)12-18)15-24(31-32)23-13-19-5-2-3-8-26(19)39-30(23)36/h2-14,25,33H,15-16H2,1H3. The summed E-state index contributed by atoms with van der Waals surface area (Å²) < 4.78 is 16.5. The number of phenols is 1. The first-order valence-corrected chi connectivity index (χ1v) is 12.2. The Balaban J connectivity index is 1.32. The van der Waals surface area contributed by atoms with Gasteiger partial charge in [0.05, 0.1) is 17.3 Å². The lowest BCUT2D eigenvalue weighted by Crippen LogP contribution is -2.31. The Morgan fingerprint density at radius 3 is 2.69 bits per heavy atom. The van der Waals surface area contributed by atoms with Gasteiger partial charge in [0, 0.05) is 29.3 Å². The molecule has 9 nitrogen and oxygen atoms in total. The van der Waals surface area contributed by atoms with E-state index in [1.54, 1.807) is 54.6 Å². The lowest BCUT2D eigenvalue weighted by Gasteiger charge is -2.22. The molecule has 2 aromatic heterocycles. The number of phenolic OH excluding ortho intramolecular Hbond substituents is 1. The summed E-state index contributed by atoms with van der Waals surface area (Å²) in [5.74, 6) is -0.0749. The van der Waals surface area contributed by atoms with Crippen LogP contribution in [0.25, 0.3) is 21.9 Å². The van der Waals surface area contributed by atoms with Crippen LogP contribution in [0.4, 0.5) is 0 Å². The summed E-state index contributed by atoms with van der Waals surface area (Å²) in [6.07, 6.45) is 0.235. The summed E-state index contributed by atoms with van der Waals surface area (Å²) in [5.41, 5.74) is 1.85. The van der Waals surface area contributed by atoms with Gasteiger partial charge in [-0.2, -0.15) is 5.10 Å². The summed E-state index contributed by atoms with van der Waals surface area (Å²) >= 11 is 0. The molecule has 1 atom stereocenters. The average molecular weight is 523 g/mol. The van der Waals surface area contributed by atoms with Gasteiger partial charge in [0.25, 0.3) is 5.91 Å². The quantitative estimate of drug-likeness (QED) is 0.333.